The first-order chi connectivity index (χ1) is 17.1. The molecule has 1 aliphatic carbocycles. The standard InChI is InChI=1S/C26H34ClN7O/c27-21-6-4-5-20(17-21)26(19-28)11-9-22(10-12-26)34-25(35)8-7-23(30-34)24-18-33(31-29-24)16-15-32-13-2-1-3-14-32/h4-8,17-18,22H,1-3,9-16,19,28H2/t22-,26-. The Hall–Kier alpha value is -2.55. The number of aromatic nitrogens is 5. The predicted molar refractivity (Wildman–Crippen MR) is 137 cm³/mol. The molecule has 0 radical (unpaired) electrons. The van der Waals surface area contributed by atoms with E-state index in [2.05, 4.69) is 21.3 Å². The molecule has 1 aliphatic heterocycles. The van der Waals surface area contributed by atoms with Crippen LogP contribution in [-0.2, 0) is 12.0 Å². The smallest absolute Gasteiger partial charge is 0.267 e. The van der Waals surface area contributed by atoms with Gasteiger partial charge in [0.25, 0.3) is 5.56 Å². The maximum atomic E-state index is 12.7. The van der Waals surface area contributed by atoms with Gasteiger partial charge in [0.15, 0.2) is 0 Å². The monoisotopic (exact) mass is 495 g/mol. The molecule has 1 aromatic carbocycles. The van der Waals surface area contributed by atoms with Crippen LogP contribution in [0.25, 0.3) is 11.4 Å². The molecule has 9 heteroatoms. The minimum absolute atomic E-state index is 0.0375. The van der Waals surface area contributed by atoms with E-state index >= 15 is 0 Å². The number of piperidine rings is 1. The lowest BCUT2D eigenvalue weighted by Gasteiger charge is -2.40. The number of nitrogens with zero attached hydrogens (tertiary/aromatic N) is 6. The van der Waals surface area contributed by atoms with Gasteiger partial charge >= 0.3 is 0 Å². The van der Waals surface area contributed by atoms with Crippen molar-refractivity contribution in [2.24, 2.45) is 5.73 Å². The fourth-order valence-corrected chi connectivity index (χ4v) is 5.79. The Bertz CT molecular complexity index is 1190. The van der Waals surface area contributed by atoms with Gasteiger partial charge in [-0.2, -0.15) is 5.10 Å². The van der Waals surface area contributed by atoms with Crippen molar-refractivity contribution in [1.82, 2.24) is 29.7 Å². The molecule has 2 aromatic heterocycles. The average molecular weight is 496 g/mol. The minimum atomic E-state index is -0.111. The Balaban J connectivity index is 1.28. The van der Waals surface area contributed by atoms with Gasteiger partial charge in [0.2, 0.25) is 0 Å². The molecule has 1 saturated carbocycles. The Morgan fingerprint density at radius 3 is 2.57 bits per heavy atom. The molecule has 0 unspecified atom stereocenters. The van der Waals surface area contributed by atoms with Gasteiger partial charge in [-0.05, 0) is 75.4 Å². The van der Waals surface area contributed by atoms with E-state index in [4.69, 9.17) is 22.4 Å². The first-order valence-electron chi connectivity index (χ1n) is 12.8. The molecule has 5 rings (SSSR count). The molecule has 2 aliphatic rings. The molecular formula is C26H34ClN7O. The van der Waals surface area contributed by atoms with Gasteiger partial charge in [-0.3, -0.25) is 9.48 Å². The number of likely N-dealkylation sites (tertiary alicyclic amines) is 1. The molecular weight excluding hydrogens is 462 g/mol. The van der Waals surface area contributed by atoms with Crippen LogP contribution in [0.15, 0.2) is 47.4 Å². The number of hydrogen-bond donors (Lipinski definition) is 1. The van der Waals surface area contributed by atoms with E-state index in [-0.39, 0.29) is 17.0 Å². The van der Waals surface area contributed by atoms with E-state index in [1.165, 1.54) is 24.8 Å². The maximum Gasteiger partial charge on any atom is 0.267 e. The van der Waals surface area contributed by atoms with Crippen LogP contribution in [0.2, 0.25) is 5.02 Å². The fourth-order valence-electron chi connectivity index (χ4n) is 5.60. The van der Waals surface area contributed by atoms with Crippen LogP contribution < -0.4 is 11.3 Å². The zero-order chi connectivity index (χ0) is 24.3. The maximum absolute atomic E-state index is 12.7. The minimum Gasteiger partial charge on any atom is -0.330 e. The molecule has 0 amide bonds. The number of benzene rings is 1. The Labute approximate surface area is 211 Å². The van der Waals surface area contributed by atoms with Gasteiger partial charge in [-0.25, -0.2) is 4.68 Å². The molecule has 186 valence electrons. The summed E-state index contributed by atoms with van der Waals surface area (Å²) in [6.07, 6.45) is 9.27. The van der Waals surface area contributed by atoms with Gasteiger partial charge < -0.3 is 10.6 Å². The van der Waals surface area contributed by atoms with Gasteiger partial charge in [0.05, 0.1) is 18.8 Å². The molecule has 3 aromatic rings. The topological polar surface area (TPSA) is 94.9 Å². The van der Waals surface area contributed by atoms with Crippen molar-refractivity contribution >= 4 is 11.6 Å². The van der Waals surface area contributed by atoms with Crippen LogP contribution >= 0.6 is 11.6 Å². The normalized spacial score (nSPS) is 23.4. The van der Waals surface area contributed by atoms with Crippen molar-refractivity contribution in [2.45, 2.75) is 62.9 Å². The Morgan fingerprint density at radius 2 is 1.83 bits per heavy atom. The summed E-state index contributed by atoms with van der Waals surface area (Å²) < 4.78 is 3.52. The lowest BCUT2D eigenvalue weighted by molar-refractivity contribution is 0.217. The highest BCUT2D eigenvalue weighted by Gasteiger charge is 2.37. The third-order valence-corrected chi connectivity index (χ3v) is 8.04. The highest BCUT2D eigenvalue weighted by Crippen LogP contribution is 2.42. The van der Waals surface area contributed by atoms with E-state index in [0.717, 1.165) is 56.9 Å². The summed E-state index contributed by atoms with van der Waals surface area (Å²) in [5.41, 5.74) is 8.62. The lowest BCUT2D eigenvalue weighted by atomic mass is 9.68. The number of halogens is 1. The van der Waals surface area contributed by atoms with Crippen LogP contribution in [0.1, 0.15) is 56.6 Å². The first-order valence-corrected chi connectivity index (χ1v) is 13.1. The summed E-state index contributed by atoms with van der Waals surface area (Å²) in [4.78, 5) is 15.2. The van der Waals surface area contributed by atoms with Crippen molar-refractivity contribution < 1.29 is 0 Å². The third kappa shape index (κ3) is 5.34. The number of rotatable bonds is 7. The zero-order valence-corrected chi connectivity index (χ0v) is 20.9. The zero-order valence-electron chi connectivity index (χ0n) is 20.2. The average Bonchev–Trinajstić information content (AvgIpc) is 3.38. The van der Waals surface area contributed by atoms with Crippen LogP contribution in [0.3, 0.4) is 0 Å². The SMILES string of the molecule is NC[C@]1(c2cccc(Cl)c2)CC[C@H](n2nc(-c3cn(CCN4CCCCC4)nn3)ccc2=O)CC1. The summed E-state index contributed by atoms with van der Waals surface area (Å²) in [5, 5.41) is 14.1. The van der Waals surface area contributed by atoms with Gasteiger partial charge in [0, 0.05) is 29.6 Å². The molecule has 8 nitrogen and oxygen atoms in total. The first kappa shape index (κ1) is 24.2. The molecule has 2 N–H and O–H groups in total. The number of hydrogen-bond acceptors (Lipinski definition) is 6. The highest BCUT2D eigenvalue weighted by molar-refractivity contribution is 6.30. The molecule has 0 spiro atoms. The second-order valence-electron chi connectivity index (χ2n) is 10.00. The second-order valence-corrected chi connectivity index (χ2v) is 10.4. The van der Waals surface area contributed by atoms with Crippen molar-refractivity contribution in [3.05, 3.63) is 63.5 Å². The molecule has 0 atom stereocenters. The Kier molecular flexibility index (Phi) is 7.32. The van der Waals surface area contributed by atoms with Crippen LogP contribution in [-0.4, -0.2) is 55.9 Å². The third-order valence-electron chi connectivity index (χ3n) is 7.81. The largest absolute Gasteiger partial charge is 0.330 e. The summed E-state index contributed by atoms with van der Waals surface area (Å²) in [6, 6.07) is 11.4. The van der Waals surface area contributed by atoms with Gasteiger partial charge in [-0.1, -0.05) is 35.4 Å². The van der Waals surface area contributed by atoms with Crippen molar-refractivity contribution in [2.75, 3.05) is 26.2 Å². The number of nitrogens with two attached hydrogens (primary N) is 1. The van der Waals surface area contributed by atoms with E-state index in [0.29, 0.717) is 17.9 Å². The van der Waals surface area contributed by atoms with E-state index in [9.17, 15) is 4.79 Å². The Morgan fingerprint density at radius 1 is 1.03 bits per heavy atom. The highest BCUT2D eigenvalue weighted by atomic mass is 35.5. The van der Waals surface area contributed by atoms with Crippen molar-refractivity contribution in [3.8, 4) is 11.4 Å². The molecule has 1 saturated heterocycles. The molecule has 0 bridgehead atoms. The van der Waals surface area contributed by atoms with Crippen molar-refractivity contribution in [3.63, 3.8) is 0 Å². The van der Waals surface area contributed by atoms with Crippen LogP contribution in [0, 0.1) is 0 Å². The van der Waals surface area contributed by atoms with Crippen LogP contribution in [0.5, 0.6) is 0 Å². The van der Waals surface area contributed by atoms with Crippen LogP contribution in [0.4, 0.5) is 0 Å². The molecule has 3 heterocycles. The van der Waals surface area contributed by atoms with E-state index in [1.54, 1.807) is 16.8 Å². The summed E-state index contributed by atoms with van der Waals surface area (Å²) >= 11 is 6.25. The molecule has 2 fully saturated rings. The lowest BCUT2D eigenvalue weighted by Crippen LogP contribution is -2.41. The van der Waals surface area contributed by atoms with E-state index < -0.39 is 0 Å². The van der Waals surface area contributed by atoms with Crippen molar-refractivity contribution in [1.29, 1.82) is 0 Å². The fraction of sp³-hybridized carbons (Fsp3) is 0.538. The summed E-state index contributed by atoms with van der Waals surface area (Å²) in [7, 11) is 0. The predicted octanol–water partition coefficient (Wildman–Crippen LogP) is 3.65. The summed E-state index contributed by atoms with van der Waals surface area (Å²) in [5.74, 6) is 0. The van der Waals surface area contributed by atoms with Gasteiger partial charge in [-0.15, -0.1) is 5.10 Å². The second kappa shape index (κ2) is 10.6. The molecule has 35 heavy (non-hydrogen) atoms. The quantitative estimate of drug-likeness (QED) is 0.537. The summed E-state index contributed by atoms with van der Waals surface area (Å²) in [6.45, 7) is 4.67. The van der Waals surface area contributed by atoms with Gasteiger partial charge in [0.1, 0.15) is 11.4 Å². The van der Waals surface area contributed by atoms with E-state index in [1.807, 2.05) is 29.1 Å².